The first-order valence-electron chi connectivity index (χ1n) is 6.02. The highest BCUT2D eigenvalue weighted by molar-refractivity contribution is 4.58. The molecule has 86 valence electrons. The standard InChI is InChI=1S/C12H27NO/c1-4-6-11(2)9-13-8-5-7-12(3)10-14/h11-14H,4-10H2,1-3H3. The normalized spacial score (nSPS) is 15.4. The fraction of sp³-hybridized carbons (Fsp3) is 1.00. The smallest absolute Gasteiger partial charge is 0.0456 e. The molecule has 0 amide bonds. The van der Waals surface area contributed by atoms with Gasteiger partial charge in [0.05, 0.1) is 0 Å². The van der Waals surface area contributed by atoms with Gasteiger partial charge in [-0.3, -0.25) is 0 Å². The van der Waals surface area contributed by atoms with Crippen LogP contribution < -0.4 is 5.32 Å². The van der Waals surface area contributed by atoms with E-state index < -0.39 is 0 Å². The maximum atomic E-state index is 8.83. The molecule has 0 fully saturated rings. The molecular formula is C12H27NO. The van der Waals surface area contributed by atoms with Crippen LogP contribution in [-0.2, 0) is 0 Å². The Kier molecular flexibility index (Phi) is 9.42. The van der Waals surface area contributed by atoms with E-state index in [1.54, 1.807) is 0 Å². The summed E-state index contributed by atoms with van der Waals surface area (Å²) >= 11 is 0. The maximum absolute atomic E-state index is 8.83. The van der Waals surface area contributed by atoms with Crippen molar-refractivity contribution in [2.75, 3.05) is 19.7 Å². The molecule has 0 radical (unpaired) electrons. The van der Waals surface area contributed by atoms with Crippen LogP contribution in [-0.4, -0.2) is 24.8 Å². The lowest BCUT2D eigenvalue weighted by molar-refractivity contribution is 0.228. The molecule has 2 nitrogen and oxygen atoms in total. The summed E-state index contributed by atoms with van der Waals surface area (Å²) in [5, 5.41) is 12.3. The van der Waals surface area contributed by atoms with Gasteiger partial charge in [-0.2, -0.15) is 0 Å². The molecule has 0 aromatic heterocycles. The minimum Gasteiger partial charge on any atom is -0.396 e. The molecule has 0 bridgehead atoms. The van der Waals surface area contributed by atoms with Crippen molar-refractivity contribution in [3.63, 3.8) is 0 Å². The summed E-state index contributed by atoms with van der Waals surface area (Å²) in [7, 11) is 0. The molecule has 0 heterocycles. The second-order valence-corrected chi connectivity index (χ2v) is 4.53. The van der Waals surface area contributed by atoms with E-state index in [0.29, 0.717) is 12.5 Å². The van der Waals surface area contributed by atoms with Crippen molar-refractivity contribution in [1.82, 2.24) is 5.32 Å². The van der Waals surface area contributed by atoms with Gasteiger partial charge in [0.15, 0.2) is 0 Å². The van der Waals surface area contributed by atoms with E-state index in [0.717, 1.165) is 25.4 Å². The topological polar surface area (TPSA) is 32.3 Å². The first-order chi connectivity index (χ1) is 6.70. The van der Waals surface area contributed by atoms with Crippen LogP contribution in [0.4, 0.5) is 0 Å². The zero-order chi connectivity index (χ0) is 10.8. The Balaban J connectivity index is 3.13. The van der Waals surface area contributed by atoms with Crippen LogP contribution in [0.2, 0.25) is 0 Å². The van der Waals surface area contributed by atoms with Gasteiger partial charge in [0, 0.05) is 6.61 Å². The Bertz CT molecular complexity index is 117. The lowest BCUT2D eigenvalue weighted by Crippen LogP contribution is -2.22. The summed E-state index contributed by atoms with van der Waals surface area (Å²) in [6.45, 7) is 9.19. The average Bonchev–Trinajstić information content (AvgIpc) is 2.17. The number of rotatable bonds is 9. The van der Waals surface area contributed by atoms with Gasteiger partial charge in [-0.15, -0.1) is 0 Å². The lowest BCUT2D eigenvalue weighted by atomic mass is 10.1. The third kappa shape index (κ3) is 8.52. The summed E-state index contributed by atoms with van der Waals surface area (Å²) in [5.74, 6) is 1.26. The number of hydrogen-bond donors (Lipinski definition) is 2. The Labute approximate surface area is 89.1 Å². The van der Waals surface area contributed by atoms with Crippen LogP contribution in [0.1, 0.15) is 46.5 Å². The number of hydrogen-bond acceptors (Lipinski definition) is 2. The molecule has 2 heteroatoms. The molecular weight excluding hydrogens is 174 g/mol. The molecule has 2 N–H and O–H groups in total. The van der Waals surface area contributed by atoms with Crippen molar-refractivity contribution in [3.05, 3.63) is 0 Å². The second kappa shape index (κ2) is 9.47. The third-order valence-electron chi connectivity index (χ3n) is 2.64. The van der Waals surface area contributed by atoms with Gasteiger partial charge in [-0.05, 0) is 44.2 Å². The summed E-state index contributed by atoms with van der Waals surface area (Å²) < 4.78 is 0. The molecule has 0 rings (SSSR count). The summed E-state index contributed by atoms with van der Waals surface area (Å²) in [4.78, 5) is 0. The summed E-state index contributed by atoms with van der Waals surface area (Å²) in [6, 6.07) is 0. The largest absolute Gasteiger partial charge is 0.396 e. The summed E-state index contributed by atoms with van der Waals surface area (Å²) in [6.07, 6.45) is 4.91. The fourth-order valence-corrected chi connectivity index (χ4v) is 1.61. The van der Waals surface area contributed by atoms with E-state index in [4.69, 9.17) is 5.11 Å². The van der Waals surface area contributed by atoms with E-state index in [9.17, 15) is 0 Å². The van der Waals surface area contributed by atoms with Gasteiger partial charge in [0.1, 0.15) is 0 Å². The predicted molar refractivity (Wildman–Crippen MR) is 62.4 cm³/mol. The van der Waals surface area contributed by atoms with Gasteiger partial charge < -0.3 is 10.4 Å². The van der Waals surface area contributed by atoms with Crippen molar-refractivity contribution in [3.8, 4) is 0 Å². The maximum Gasteiger partial charge on any atom is 0.0456 e. The Morgan fingerprint density at radius 3 is 2.43 bits per heavy atom. The highest BCUT2D eigenvalue weighted by Gasteiger charge is 2.01. The van der Waals surface area contributed by atoms with Gasteiger partial charge in [0.2, 0.25) is 0 Å². The number of aliphatic hydroxyl groups is 1. The predicted octanol–water partition coefficient (Wildman–Crippen LogP) is 2.42. The minimum atomic E-state index is 0.326. The minimum absolute atomic E-state index is 0.326. The van der Waals surface area contributed by atoms with Gasteiger partial charge in [0.25, 0.3) is 0 Å². The molecule has 0 aromatic rings. The fourth-order valence-electron chi connectivity index (χ4n) is 1.61. The molecule has 2 atom stereocenters. The van der Waals surface area contributed by atoms with Crippen LogP contribution >= 0.6 is 0 Å². The van der Waals surface area contributed by atoms with Gasteiger partial charge >= 0.3 is 0 Å². The Hall–Kier alpha value is -0.0800. The molecule has 0 aliphatic heterocycles. The third-order valence-corrected chi connectivity index (χ3v) is 2.64. The number of nitrogens with one attached hydrogen (secondary N) is 1. The van der Waals surface area contributed by atoms with Crippen LogP contribution in [0.25, 0.3) is 0 Å². The molecule has 0 aliphatic carbocycles. The molecule has 0 spiro atoms. The zero-order valence-electron chi connectivity index (χ0n) is 10.1. The second-order valence-electron chi connectivity index (χ2n) is 4.53. The van der Waals surface area contributed by atoms with Crippen molar-refractivity contribution in [2.45, 2.75) is 46.5 Å². The van der Waals surface area contributed by atoms with E-state index in [1.807, 2.05) is 0 Å². The molecule has 0 aromatic carbocycles. The van der Waals surface area contributed by atoms with E-state index in [-0.39, 0.29) is 0 Å². The van der Waals surface area contributed by atoms with Crippen LogP contribution in [0.15, 0.2) is 0 Å². The quantitative estimate of drug-likeness (QED) is 0.562. The van der Waals surface area contributed by atoms with Crippen LogP contribution in [0, 0.1) is 11.8 Å². The van der Waals surface area contributed by atoms with Crippen molar-refractivity contribution in [1.29, 1.82) is 0 Å². The Morgan fingerprint density at radius 1 is 1.14 bits per heavy atom. The highest BCUT2D eigenvalue weighted by atomic mass is 16.3. The average molecular weight is 201 g/mol. The summed E-state index contributed by atoms with van der Waals surface area (Å²) in [5.41, 5.74) is 0. The Morgan fingerprint density at radius 2 is 1.86 bits per heavy atom. The molecule has 0 saturated carbocycles. The molecule has 2 unspecified atom stereocenters. The van der Waals surface area contributed by atoms with E-state index >= 15 is 0 Å². The molecule has 0 aliphatic rings. The van der Waals surface area contributed by atoms with Crippen LogP contribution in [0.3, 0.4) is 0 Å². The van der Waals surface area contributed by atoms with Gasteiger partial charge in [-0.25, -0.2) is 0 Å². The lowest BCUT2D eigenvalue weighted by Gasteiger charge is -2.12. The first kappa shape index (κ1) is 13.9. The molecule has 0 saturated heterocycles. The van der Waals surface area contributed by atoms with E-state index in [1.165, 1.54) is 19.3 Å². The highest BCUT2D eigenvalue weighted by Crippen LogP contribution is 2.04. The monoisotopic (exact) mass is 201 g/mol. The van der Waals surface area contributed by atoms with E-state index in [2.05, 4.69) is 26.1 Å². The molecule has 14 heavy (non-hydrogen) atoms. The van der Waals surface area contributed by atoms with Gasteiger partial charge in [-0.1, -0.05) is 27.2 Å². The van der Waals surface area contributed by atoms with Crippen molar-refractivity contribution in [2.24, 2.45) is 11.8 Å². The SMILES string of the molecule is CCCC(C)CNCCCC(C)CO. The van der Waals surface area contributed by atoms with Crippen LogP contribution in [0.5, 0.6) is 0 Å². The zero-order valence-corrected chi connectivity index (χ0v) is 10.1. The number of aliphatic hydroxyl groups excluding tert-OH is 1. The van der Waals surface area contributed by atoms with Crippen molar-refractivity contribution >= 4 is 0 Å². The first-order valence-corrected chi connectivity index (χ1v) is 6.02. The van der Waals surface area contributed by atoms with Crippen molar-refractivity contribution < 1.29 is 5.11 Å².